The average molecular weight is 250 g/mol. The van der Waals surface area contributed by atoms with E-state index in [4.69, 9.17) is 16.6 Å². The molecule has 1 aliphatic rings. The van der Waals surface area contributed by atoms with Crippen LogP contribution in [0.15, 0.2) is 18.2 Å². The van der Waals surface area contributed by atoms with Crippen molar-refractivity contribution in [3.05, 3.63) is 29.0 Å². The Morgan fingerprint density at radius 3 is 2.94 bits per heavy atom. The normalized spacial score (nSPS) is 24.6. The SMILES string of the molecule is CC1NCCC1c1nc2cccc(Cl)c2n1C. The molecular formula is C13H16ClN3. The lowest BCUT2D eigenvalue weighted by molar-refractivity contribution is 0.554. The van der Waals surface area contributed by atoms with Crippen LogP contribution >= 0.6 is 11.6 Å². The van der Waals surface area contributed by atoms with Crippen LogP contribution in [0.25, 0.3) is 11.0 Å². The number of halogens is 1. The monoisotopic (exact) mass is 249 g/mol. The predicted octanol–water partition coefficient (Wildman–Crippen LogP) is 2.69. The van der Waals surface area contributed by atoms with E-state index in [1.54, 1.807) is 0 Å². The number of aryl methyl sites for hydroxylation is 1. The fourth-order valence-electron chi connectivity index (χ4n) is 2.78. The molecule has 0 spiro atoms. The zero-order chi connectivity index (χ0) is 12.0. The van der Waals surface area contributed by atoms with E-state index >= 15 is 0 Å². The summed E-state index contributed by atoms with van der Waals surface area (Å²) in [6.07, 6.45) is 1.15. The molecule has 1 fully saturated rings. The lowest BCUT2D eigenvalue weighted by atomic mass is 10.0. The molecule has 1 aromatic heterocycles. The molecule has 2 heterocycles. The minimum Gasteiger partial charge on any atom is -0.330 e. The Kier molecular flexibility index (Phi) is 2.60. The molecule has 1 N–H and O–H groups in total. The summed E-state index contributed by atoms with van der Waals surface area (Å²) in [5.41, 5.74) is 2.04. The van der Waals surface area contributed by atoms with Crippen LogP contribution in [0.2, 0.25) is 5.02 Å². The number of nitrogens with zero attached hydrogens (tertiary/aromatic N) is 2. The van der Waals surface area contributed by atoms with Gasteiger partial charge in [0.25, 0.3) is 0 Å². The molecule has 1 aliphatic heterocycles. The van der Waals surface area contributed by atoms with Crippen molar-refractivity contribution in [1.82, 2.24) is 14.9 Å². The predicted molar refractivity (Wildman–Crippen MR) is 70.5 cm³/mol. The minimum atomic E-state index is 0.489. The van der Waals surface area contributed by atoms with E-state index in [2.05, 4.69) is 23.9 Å². The maximum Gasteiger partial charge on any atom is 0.114 e. The third-order valence-electron chi connectivity index (χ3n) is 3.74. The van der Waals surface area contributed by atoms with Gasteiger partial charge >= 0.3 is 0 Å². The number of rotatable bonds is 1. The van der Waals surface area contributed by atoms with Gasteiger partial charge in [0.1, 0.15) is 5.82 Å². The zero-order valence-electron chi connectivity index (χ0n) is 10.1. The second-order valence-electron chi connectivity index (χ2n) is 4.77. The molecule has 2 atom stereocenters. The highest BCUT2D eigenvalue weighted by Gasteiger charge is 2.28. The molecule has 0 radical (unpaired) electrons. The lowest BCUT2D eigenvalue weighted by Gasteiger charge is -2.14. The third kappa shape index (κ3) is 1.65. The fourth-order valence-corrected chi connectivity index (χ4v) is 3.08. The van der Waals surface area contributed by atoms with Gasteiger partial charge in [-0.05, 0) is 32.0 Å². The van der Waals surface area contributed by atoms with Gasteiger partial charge in [-0.3, -0.25) is 0 Å². The summed E-state index contributed by atoms with van der Waals surface area (Å²) in [5.74, 6) is 1.63. The molecular weight excluding hydrogens is 234 g/mol. The molecule has 0 amide bonds. The van der Waals surface area contributed by atoms with Crippen LogP contribution in [0.5, 0.6) is 0 Å². The highest BCUT2D eigenvalue weighted by molar-refractivity contribution is 6.35. The molecule has 0 saturated carbocycles. The minimum absolute atomic E-state index is 0.489. The first-order chi connectivity index (χ1) is 8.18. The van der Waals surface area contributed by atoms with E-state index in [1.165, 1.54) is 0 Å². The van der Waals surface area contributed by atoms with Crippen molar-refractivity contribution >= 4 is 22.6 Å². The van der Waals surface area contributed by atoms with E-state index in [9.17, 15) is 0 Å². The zero-order valence-corrected chi connectivity index (χ0v) is 10.8. The molecule has 17 heavy (non-hydrogen) atoms. The quantitative estimate of drug-likeness (QED) is 0.842. The summed E-state index contributed by atoms with van der Waals surface area (Å²) in [7, 11) is 2.06. The summed E-state index contributed by atoms with van der Waals surface area (Å²) in [5, 5.41) is 4.25. The van der Waals surface area contributed by atoms with E-state index < -0.39 is 0 Å². The lowest BCUT2D eigenvalue weighted by Crippen LogP contribution is -2.23. The van der Waals surface area contributed by atoms with Gasteiger partial charge in [0.05, 0.1) is 16.1 Å². The molecule has 1 aromatic carbocycles. The molecule has 0 bridgehead atoms. The van der Waals surface area contributed by atoms with Crippen LogP contribution in [-0.2, 0) is 7.05 Å². The van der Waals surface area contributed by atoms with Gasteiger partial charge in [0.2, 0.25) is 0 Å². The van der Waals surface area contributed by atoms with Gasteiger partial charge in [-0.1, -0.05) is 17.7 Å². The van der Waals surface area contributed by atoms with Crippen molar-refractivity contribution in [3.63, 3.8) is 0 Å². The second-order valence-corrected chi connectivity index (χ2v) is 5.18. The molecule has 0 aliphatic carbocycles. The molecule has 1 saturated heterocycles. The van der Waals surface area contributed by atoms with Crippen molar-refractivity contribution < 1.29 is 0 Å². The second kappa shape index (κ2) is 4.00. The van der Waals surface area contributed by atoms with E-state index in [-0.39, 0.29) is 0 Å². The Labute approximate surface area is 106 Å². The van der Waals surface area contributed by atoms with E-state index in [1.807, 2.05) is 18.2 Å². The van der Waals surface area contributed by atoms with Crippen molar-refractivity contribution in [1.29, 1.82) is 0 Å². The number of fused-ring (bicyclic) bond motifs is 1. The molecule has 4 heteroatoms. The number of para-hydroxylation sites is 1. The Morgan fingerprint density at radius 1 is 1.47 bits per heavy atom. The highest BCUT2D eigenvalue weighted by atomic mass is 35.5. The van der Waals surface area contributed by atoms with Gasteiger partial charge in [-0.15, -0.1) is 0 Å². The first-order valence-electron chi connectivity index (χ1n) is 6.02. The van der Waals surface area contributed by atoms with Crippen LogP contribution in [0, 0.1) is 0 Å². The van der Waals surface area contributed by atoms with E-state index in [0.29, 0.717) is 12.0 Å². The average Bonchev–Trinajstić information content (AvgIpc) is 2.84. The summed E-state index contributed by atoms with van der Waals surface area (Å²) >= 11 is 6.24. The van der Waals surface area contributed by atoms with Crippen molar-refractivity contribution in [2.24, 2.45) is 7.05 Å². The van der Waals surface area contributed by atoms with Gasteiger partial charge in [0, 0.05) is 19.0 Å². The maximum absolute atomic E-state index is 6.24. The summed E-state index contributed by atoms with van der Waals surface area (Å²) in [6.45, 7) is 3.29. The van der Waals surface area contributed by atoms with Crippen LogP contribution in [0.1, 0.15) is 25.1 Å². The number of hydrogen-bond donors (Lipinski definition) is 1. The molecule has 2 unspecified atom stereocenters. The molecule has 90 valence electrons. The summed E-state index contributed by atoms with van der Waals surface area (Å²) < 4.78 is 2.14. The number of hydrogen-bond acceptors (Lipinski definition) is 2. The third-order valence-corrected chi connectivity index (χ3v) is 4.04. The first-order valence-corrected chi connectivity index (χ1v) is 6.40. The Hall–Kier alpha value is -1.06. The maximum atomic E-state index is 6.24. The topological polar surface area (TPSA) is 29.9 Å². The van der Waals surface area contributed by atoms with Crippen molar-refractivity contribution in [2.75, 3.05) is 6.54 Å². The van der Waals surface area contributed by atoms with Crippen LogP contribution in [0.3, 0.4) is 0 Å². The van der Waals surface area contributed by atoms with Crippen molar-refractivity contribution in [3.8, 4) is 0 Å². The standard InChI is InChI=1S/C13H16ClN3/c1-8-9(6-7-15-8)13-16-11-5-3-4-10(14)12(11)17(13)2/h3-5,8-9,15H,6-7H2,1-2H3. The fraction of sp³-hybridized carbons (Fsp3) is 0.462. The smallest absolute Gasteiger partial charge is 0.114 e. The molecule has 2 aromatic rings. The van der Waals surface area contributed by atoms with Crippen LogP contribution in [0.4, 0.5) is 0 Å². The number of benzene rings is 1. The first kappa shape index (κ1) is 11.1. The van der Waals surface area contributed by atoms with Crippen molar-refractivity contribution in [2.45, 2.75) is 25.3 Å². The Morgan fingerprint density at radius 2 is 2.29 bits per heavy atom. The number of nitrogens with one attached hydrogen (secondary N) is 1. The van der Waals surface area contributed by atoms with Gasteiger partial charge in [-0.25, -0.2) is 4.98 Å². The van der Waals surface area contributed by atoms with Gasteiger partial charge < -0.3 is 9.88 Å². The Balaban J connectivity index is 2.18. The largest absolute Gasteiger partial charge is 0.330 e. The highest BCUT2D eigenvalue weighted by Crippen LogP contribution is 2.31. The number of imidazole rings is 1. The van der Waals surface area contributed by atoms with Gasteiger partial charge in [0.15, 0.2) is 0 Å². The number of aromatic nitrogens is 2. The van der Waals surface area contributed by atoms with Gasteiger partial charge in [-0.2, -0.15) is 0 Å². The van der Waals surface area contributed by atoms with Crippen LogP contribution in [-0.4, -0.2) is 22.1 Å². The summed E-state index contributed by atoms with van der Waals surface area (Å²) in [4.78, 5) is 4.74. The summed E-state index contributed by atoms with van der Waals surface area (Å²) in [6, 6.07) is 6.39. The van der Waals surface area contributed by atoms with E-state index in [0.717, 1.165) is 34.8 Å². The molecule has 3 nitrogen and oxygen atoms in total. The Bertz CT molecular complexity index is 561. The molecule has 3 rings (SSSR count). The van der Waals surface area contributed by atoms with Crippen LogP contribution < -0.4 is 5.32 Å².